The second-order valence-corrected chi connectivity index (χ2v) is 8.63. The third kappa shape index (κ3) is 6.32. The Balaban J connectivity index is 2.03. The molecule has 0 spiro atoms. The molecular formula is C20H28ClN3O6. The van der Waals surface area contributed by atoms with Gasteiger partial charge in [-0.1, -0.05) is 44.5 Å². The Labute approximate surface area is 180 Å². The number of morpholine rings is 1. The zero-order valence-corrected chi connectivity index (χ0v) is 18.1. The Kier molecular flexibility index (Phi) is 8.05. The van der Waals surface area contributed by atoms with Gasteiger partial charge in [-0.25, -0.2) is 4.79 Å². The summed E-state index contributed by atoms with van der Waals surface area (Å²) in [5, 5.41) is 22.9. The quantitative estimate of drug-likeness (QED) is 0.576. The van der Waals surface area contributed by atoms with E-state index in [-0.39, 0.29) is 33.0 Å². The van der Waals surface area contributed by atoms with Crippen LogP contribution in [0.1, 0.15) is 26.3 Å². The third-order valence-corrected chi connectivity index (χ3v) is 5.02. The van der Waals surface area contributed by atoms with Crippen molar-refractivity contribution in [2.75, 3.05) is 26.4 Å². The van der Waals surface area contributed by atoms with Gasteiger partial charge in [0.1, 0.15) is 12.1 Å². The highest BCUT2D eigenvalue weighted by Crippen LogP contribution is 2.22. The predicted molar refractivity (Wildman–Crippen MR) is 110 cm³/mol. The first-order valence-electron chi connectivity index (χ1n) is 9.57. The molecule has 1 aromatic rings. The molecule has 1 heterocycles. The van der Waals surface area contributed by atoms with Gasteiger partial charge in [-0.15, -0.1) is 0 Å². The van der Waals surface area contributed by atoms with Crippen LogP contribution in [0.2, 0.25) is 5.02 Å². The SMILES string of the molecule is CC(C)(C)C(O)C(=O)N1CCOCC1C(=O)NCN(Cc1ccc(Cl)cc1)C(=O)O. The summed E-state index contributed by atoms with van der Waals surface area (Å²) in [5.74, 6) is -1.10. The molecule has 30 heavy (non-hydrogen) atoms. The lowest BCUT2D eigenvalue weighted by atomic mass is 9.88. The maximum absolute atomic E-state index is 12.7. The second-order valence-electron chi connectivity index (χ2n) is 8.20. The molecule has 1 fully saturated rings. The molecule has 3 N–H and O–H groups in total. The smallest absolute Gasteiger partial charge is 0.409 e. The summed E-state index contributed by atoms with van der Waals surface area (Å²) < 4.78 is 5.33. The molecule has 10 heteroatoms. The fourth-order valence-electron chi connectivity index (χ4n) is 2.90. The number of hydrogen-bond acceptors (Lipinski definition) is 5. The number of nitrogens with one attached hydrogen (secondary N) is 1. The first kappa shape index (κ1) is 23.9. The zero-order chi connectivity index (χ0) is 22.5. The van der Waals surface area contributed by atoms with Crippen LogP contribution in [0.5, 0.6) is 0 Å². The van der Waals surface area contributed by atoms with Crippen LogP contribution >= 0.6 is 11.6 Å². The van der Waals surface area contributed by atoms with Gasteiger partial charge in [-0.3, -0.25) is 14.5 Å². The normalized spacial score (nSPS) is 17.9. The molecule has 0 aromatic heterocycles. The van der Waals surface area contributed by atoms with Gasteiger partial charge in [0.05, 0.1) is 26.4 Å². The van der Waals surface area contributed by atoms with Gasteiger partial charge in [-0.2, -0.15) is 0 Å². The summed E-state index contributed by atoms with van der Waals surface area (Å²) in [6.45, 7) is 5.36. The Hall–Kier alpha value is -2.36. The molecule has 2 rings (SSSR count). The molecule has 1 aliphatic heterocycles. The summed E-state index contributed by atoms with van der Waals surface area (Å²) in [6.07, 6.45) is -2.48. The average Bonchev–Trinajstić information content (AvgIpc) is 2.70. The largest absolute Gasteiger partial charge is 0.465 e. The second kappa shape index (κ2) is 10.1. The lowest BCUT2D eigenvalue weighted by molar-refractivity contribution is -0.159. The Morgan fingerprint density at radius 2 is 1.93 bits per heavy atom. The van der Waals surface area contributed by atoms with Gasteiger partial charge in [0.25, 0.3) is 5.91 Å². The van der Waals surface area contributed by atoms with Crippen LogP contribution in [0.3, 0.4) is 0 Å². The van der Waals surface area contributed by atoms with Gasteiger partial charge in [-0.05, 0) is 23.1 Å². The summed E-state index contributed by atoms with van der Waals surface area (Å²) in [5.41, 5.74) is 0.0249. The van der Waals surface area contributed by atoms with E-state index < -0.39 is 35.5 Å². The fraction of sp³-hybridized carbons (Fsp3) is 0.550. The Morgan fingerprint density at radius 1 is 1.30 bits per heavy atom. The highest BCUT2D eigenvalue weighted by molar-refractivity contribution is 6.30. The van der Waals surface area contributed by atoms with Crippen molar-refractivity contribution >= 4 is 29.5 Å². The summed E-state index contributed by atoms with van der Waals surface area (Å²) in [6, 6.07) is 5.75. The number of nitrogens with zero attached hydrogens (tertiary/aromatic N) is 2. The van der Waals surface area contributed by atoms with E-state index in [0.29, 0.717) is 10.6 Å². The van der Waals surface area contributed by atoms with Gasteiger partial charge < -0.3 is 25.2 Å². The molecule has 0 radical (unpaired) electrons. The van der Waals surface area contributed by atoms with Gasteiger partial charge >= 0.3 is 6.09 Å². The van der Waals surface area contributed by atoms with E-state index in [4.69, 9.17) is 16.3 Å². The minimum atomic E-state index is -1.27. The van der Waals surface area contributed by atoms with Crippen molar-refractivity contribution in [2.45, 2.75) is 39.5 Å². The van der Waals surface area contributed by atoms with Crippen LogP contribution in [-0.2, 0) is 20.9 Å². The Morgan fingerprint density at radius 3 is 2.50 bits per heavy atom. The lowest BCUT2D eigenvalue weighted by Crippen LogP contribution is -2.60. The third-order valence-electron chi connectivity index (χ3n) is 4.77. The maximum atomic E-state index is 12.7. The molecule has 1 aliphatic rings. The van der Waals surface area contributed by atoms with Gasteiger partial charge in [0.15, 0.2) is 0 Å². The zero-order valence-electron chi connectivity index (χ0n) is 17.3. The lowest BCUT2D eigenvalue weighted by Gasteiger charge is -2.38. The number of hydrogen-bond donors (Lipinski definition) is 3. The number of carbonyl (C=O) groups excluding carboxylic acids is 2. The topological polar surface area (TPSA) is 119 Å². The Bertz CT molecular complexity index is 765. The van der Waals surface area contributed by atoms with E-state index in [2.05, 4.69) is 5.32 Å². The molecule has 0 bridgehead atoms. The number of amides is 3. The minimum absolute atomic E-state index is 0.0291. The van der Waals surface area contributed by atoms with Crippen LogP contribution in [0.15, 0.2) is 24.3 Å². The number of rotatable bonds is 6. The number of carbonyl (C=O) groups is 3. The molecule has 166 valence electrons. The number of benzene rings is 1. The fourth-order valence-corrected chi connectivity index (χ4v) is 3.03. The number of carboxylic acid groups (broad SMARTS) is 1. The van der Waals surface area contributed by atoms with E-state index in [1.165, 1.54) is 4.90 Å². The van der Waals surface area contributed by atoms with E-state index in [1.54, 1.807) is 45.0 Å². The standard InChI is InChI=1S/C20H28ClN3O6/c1-20(2,3)16(25)18(27)24-8-9-30-11-15(24)17(26)22-12-23(19(28)29)10-13-4-6-14(21)7-5-13/h4-7,15-16,25H,8-12H2,1-3H3,(H,22,26)(H,28,29). The number of aliphatic hydroxyl groups is 1. The molecule has 1 aromatic carbocycles. The number of halogens is 1. The molecule has 0 aliphatic carbocycles. The van der Waals surface area contributed by atoms with Crippen molar-refractivity contribution in [3.63, 3.8) is 0 Å². The van der Waals surface area contributed by atoms with E-state index in [9.17, 15) is 24.6 Å². The monoisotopic (exact) mass is 441 g/mol. The minimum Gasteiger partial charge on any atom is -0.465 e. The first-order chi connectivity index (χ1) is 14.0. The highest BCUT2D eigenvalue weighted by Gasteiger charge is 2.39. The summed E-state index contributed by atoms with van der Waals surface area (Å²) in [4.78, 5) is 39.3. The van der Waals surface area contributed by atoms with Crippen molar-refractivity contribution in [3.8, 4) is 0 Å². The molecule has 2 atom stereocenters. The van der Waals surface area contributed by atoms with Crippen LogP contribution < -0.4 is 5.32 Å². The van der Waals surface area contributed by atoms with E-state index in [0.717, 1.165) is 4.90 Å². The van der Waals surface area contributed by atoms with Crippen LogP contribution in [0, 0.1) is 5.41 Å². The molecule has 9 nitrogen and oxygen atoms in total. The van der Waals surface area contributed by atoms with Crippen LogP contribution in [-0.4, -0.2) is 76.5 Å². The van der Waals surface area contributed by atoms with Gasteiger partial charge in [0, 0.05) is 11.6 Å². The van der Waals surface area contributed by atoms with Crippen molar-refractivity contribution in [1.29, 1.82) is 0 Å². The predicted octanol–water partition coefficient (Wildman–Crippen LogP) is 1.53. The molecule has 0 saturated carbocycles. The number of ether oxygens (including phenoxy) is 1. The van der Waals surface area contributed by atoms with Crippen molar-refractivity contribution in [1.82, 2.24) is 15.1 Å². The van der Waals surface area contributed by atoms with Crippen LogP contribution in [0.25, 0.3) is 0 Å². The molecule has 1 saturated heterocycles. The van der Waals surface area contributed by atoms with Crippen LogP contribution in [0.4, 0.5) is 4.79 Å². The average molecular weight is 442 g/mol. The highest BCUT2D eigenvalue weighted by atomic mass is 35.5. The van der Waals surface area contributed by atoms with Crippen molar-refractivity contribution in [3.05, 3.63) is 34.9 Å². The molecule has 2 unspecified atom stereocenters. The maximum Gasteiger partial charge on any atom is 0.409 e. The number of aliphatic hydroxyl groups excluding tert-OH is 1. The van der Waals surface area contributed by atoms with E-state index in [1.807, 2.05) is 0 Å². The van der Waals surface area contributed by atoms with Crippen molar-refractivity contribution in [2.24, 2.45) is 5.41 Å². The summed E-state index contributed by atoms with van der Waals surface area (Å²) in [7, 11) is 0. The summed E-state index contributed by atoms with van der Waals surface area (Å²) >= 11 is 5.84. The van der Waals surface area contributed by atoms with E-state index >= 15 is 0 Å². The van der Waals surface area contributed by atoms with Crippen molar-refractivity contribution < 1.29 is 29.3 Å². The van der Waals surface area contributed by atoms with Gasteiger partial charge in [0.2, 0.25) is 5.91 Å². The molecule has 3 amide bonds. The molecular weight excluding hydrogens is 414 g/mol. The first-order valence-corrected chi connectivity index (χ1v) is 9.95.